The highest BCUT2D eigenvalue weighted by molar-refractivity contribution is 5.72. The molecule has 0 radical (unpaired) electrons. The first-order valence-corrected chi connectivity index (χ1v) is 23.2. The molecule has 62 heavy (non-hydrogen) atoms. The number of esters is 2. The number of ether oxygens (including phenoxy) is 2. The molecule has 0 heterocycles. The van der Waals surface area contributed by atoms with Gasteiger partial charge in [0.1, 0.15) is 12.7 Å². The van der Waals surface area contributed by atoms with E-state index >= 15 is 0 Å². The van der Waals surface area contributed by atoms with Crippen molar-refractivity contribution < 1.29 is 58.7 Å². The van der Waals surface area contributed by atoms with Crippen molar-refractivity contribution >= 4 is 35.8 Å². The van der Waals surface area contributed by atoms with Crippen LogP contribution in [-0.4, -0.2) is 68.9 Å². The predicted molar refractivity (Wildman–Crippen MR) is 243 cm³/mol. The second-order valence-corrected chi connectivity index (χ2v) is 16.1. The van der Waals surface area contributed by atoms with E-state index in [1.54, 1.807) is 12.2 Å². The van der Waals surface area contributed by atoms with Crippen LogP contribution in [0.2, 0.25) is 0 Å². The smallest absolute Gasteiger partial charge is 0.307 e. The van der Waals surface area contributed by atoms with Gasteiger partial charge in [-0.15, -0.1) is 0 Å². The monoisotopic (exact) mass is 871 g/mol. The lowest BCUT2D eigenvalue weighted by atomic mass is 9.83. The number of aliphatic hydroxyl groups is 2. The summed E-state index contributed by atoms with van der Waals surface area (Å²) in [6, 6.07) is 0. The fraction of sp³-hybridized carbons (Fsp3) is 0.680. The Morgan fingerprint density at radius 1 is 0.581 bits per heavy atom. The lowest BCUT2D eigenvalue weighted by molar-refractivity contribution is -0.159. The maximum Gasteiger partial charge on any atom is 0.307 e. The third-order valence-corrected chi connectivity index (χ3v) is 11.0. The highest BCUT2D eigenvalue weighted by Gasteiger charge is 2.27. The Morgan fingerprint density at radius 2 is 1.19 bits per heavy atom. The molecule has 0 saturated carbocycles. The molecule has 0 aliphatic rings. The number of aliphatic hydroxyl groups excluding tert-OH is 2. The quantitative estimate of drug-likeness (QED) is 0.0113. The van der Waals surface area contributed by atoms with Crippen LogP contribution < -0.4 is 0 Å². The molecule has 4 N–H and O–H groups in total. The van der Waals surface area contributed by atoms with E-state index in [0.717, 1.165) is 103 Å². The molecule has 12 heteroatoms. The van der Waals surface area contributed by atoms with Crippen LogP contribution >= 0.6 is 0 Å². The topological polar surface area (TPSA) is 202 Å². The lowest BCUT2D eigenvalue weighted by Crippen LogP contribution is -2.24. The van der Waals surface area contributed by atoms with Crippen molar-refractivity contribution in [2.45, 2.75) is 187 Å². The summed E-state index contributed by atoms with van der Waals surface area (Å²) in [6.45, 7) is 5.96. The Morgan fingerprint density at radius 3 is 1.79 bits per heavy atom. The average molecular weight is 871 g/mol. The SMILES string of the molecule is CCCCCCCCC(/C=C/CCCCCCC(=O)OC(CC)COC(=O)CCCCCCC/C=C\C/C=C\C=C\C(CC)C(CC(O)=C=O)C(=O)O)C(CC(=O)O)C(O)=C=O. The molecular weight excluding hydrogens is 793 g/mol. The van der Waals surface area contributed by atoms with Crippen LogP contribution in [-0.2, 0) is 38.2 Å². The first kappa shape index (κ1) is 57.3. The van der Waals surface area contributed by atoms with Gasteiger partial charge in [-0.25, -0.2) is 9.59 Å². The third-order valence-electron chi connectivity index (χ3n) is 11.0. The van der Waals surface area contributed by atoms with E-state index in [1.165, 1.54) is 18.3 Å². The molecule has 0 aliphatic carbocycles. The van der Waals surface area contributed by atoms with E-state index in [-0.39, 0.29) is 49.6 Å². The predicted octanol–water partition coefficient (Wildman–Crippen LogP) is 11.7. The maximum absolute atomic E-state index is 12.4. The molecule has 0 saturated heterocycles. The Hall–Kier alpha value is -4.66. The standard InChI is InChI=1S/C50H78O12/c1-4-7-8-9-20-26-31-41(44(36-47(55)56)46(54)38-52)32-27-22-18-19-24-29-34-49(58)62-43(6-3)39-61-48(57)33-28-23-17-15-13-11-10-12-14-16-21-25-30-40(5-2)45(50(59)60)35-42(53)37-51/h10,12,16,21,25,27,30,32,40-41,43-45,53-54H,4-9,11,13-15,17-20,22-24,26,28-29,31,33-36,39H2,1-3H3,(H,55,56)(H,59,60)/b12-10-,21-16-,30-25+,32-27+. The van der Waals surface area contributed by atoms with Crippen LogP contribution in [0.15, 0.2) is 60.1 Å². The second-order valence-electron chi connectivity index (χ2n) is 16.1. The number of carboxylic acid groups (broad SMARTS) is 2. The molecule has 0 aromatic heterocycles. The largest absolute Gasteiger partial charge is 0.502 e. The summed E-state index contributed by atoms with van der Waals surface area (Å²) in [5, 5.41) is 38.4. The zero-order chi connectivity index (χ0) is 46.2. The van der Waals surface area contributed by atoms with Gasteiger partial charge in [-0.1, -0.05) is 140 Å². The van der Waals surface area contributed by atoms with Crippen LogP contribution in [0.3, 0.4) is 0 Å². The van der Waals surface area contributed by atoms with Crippen molar-refractivity contribution in [1.29, 1.82) is 0 Å². The fourth-order valence-corrected chi connectivity index (χ4v) is 7.15. The summed E-state index contributed by atoms with van der Waals surface area (Å²) in [5.74, 6) is -3.22. The van der Waals surface area contributed by atoms with E-state index in [9.17, 15) is 49.2 Å². The van der Waals surface area contributed by atoms with Crippen LogP contribution in [0.4, 0.5) is 0 Å². The number of unbranched alkanes of at least 4 members (excludes halogenated alkanes) is 14. The van der Waals surface area contributed by atoms with Crippen LogP contribution in [0.25, 0.3) is 0 Å². The van der Waals surface area contributed by atoms with Gasteiger partial charge in [-0.2, -0.15) is 0 Å². The molecule has 0 rings (SSSR count). The van der Waals surface area contributed by atoms with Crippen LogP contribution in [0.5, 0.6) is 0 Å². The van der Waals surface area contributed by atoms with Gasteiger partial charge < -0.3 is 29.9 Å². The summed E-state index contributed by atoms with van der Waals surface area (Å²) >= 11 is 0. The molecule has 0 aromatic carbocycles. The molecule has 0 amide bonds. The number of aliphatic carboxylic acids is 2. The maximum atomic E-state index is 12.4. The van der Waals surface area contributed by atoms with Crippen molar-refractivity contribution in [2.75, 3.05) is 6.61 Å². The minimum absolute atomic E-state index is 0.0505. The van der Waals surface area contributed by atoms with Crippen molar-refractivity contribution in [2.24, 2.45) is 23.7 Å². The summed E-state index contributed by atoms with van der Waals surface area (Å²) in [7, 11) is 0. The minimum atomic E-state index is -1.07. The minimum Gasteiger partial charge on any atom is -0.502 e. The summed E-state index contributed by atoms with van der Waals surface area (Å²) < 4.78 is 11.0. The molecule has 5 atom stereocenters. The van der Waals surface area contributed by atoms with Crippen molar-refractivity contribution in [3.05, 3.63) is 60.1 Å². The van der Waals surface area contributed by atoms with Gasteiger partial charge in [0.05, 0.1) is 12.3 Å². The van der Waals surface area contributed by atoms with Crippen molar-refractivity contribution in [3.63, 3.8) is 0 Å². The van der Waals surface area contributed by atoms with E-state index in [4.69, 9.17) is 9.47 Å². The van der Waals surface area contributed by atoms with E-state index in [2.05, 4.69) is 19.1 Å². The van der Waals surface area contributed by atoms with Gasteiger partial charge in [0, 0.05) is 25.2 Å². The zero-order valence-corrected chi connectivity index (χ0v) is 37.9. The first-order valence-electron chi connectivity index (χ1n) is 23.2. The number of carboxylic acids is 2. The highest BCUT2D eigenvalue weighted by Crippen LogP contribution is 2.29. The summed E-state index contributed by atoms with van der Waals surface area (Å²) in [4.78, 5) is 69.5. The molecule has 0 aliphatic heterocycles. The Kier molecular flexibility index (Phi) is 36.3. The van der Waals surface area contributed by atoms with Gasteiger partial charge in [0.25, 0.3) is 0 Å². The number of allylic oxidation sites excluding steroid dienone is 10. The number of carbonyl (C=O) groups excluding carboxylic acids is 4. The van der Waals surface area contributed by atoms with E-state index < -0.39 is 41.4 Å². The molecular formula is C50H78O12. The molecule has 0 fully saturated rings. The number of rotatable bonds is 40. The molecule has 350 valence electrons. The van der Waals surface area contributed by atoms with Gasteiger partial charge >= 0.3 is 23.9 Å². The van der Waals surface area contributed by atoms with Crippen LogP contribution in [0.1, 0.15) is 181 Å². The molecule has 0 aromatic rings. The van der Waals surface area contributed by atoms with Gasteiger partial charge in [0.2, 0.25) is 0 Å². The molecule has 0 bridgehead atoms. The van der Waals surface area contributed by atoms with Crippen LogP contribution in [0, 0.1) is 23.7 Å². The molecule has 0 spiro atoms. The van der Waals surface area contributed by atoms with Crippen molar-refractivity contribution in [3.8, 4) is 0 Å². The van der Waals surface area contributed by atoms with Gasteiger partial charge in [0.15, 0.2) is 23.4 Å². The normalized spacial score (nSPS) is 14.0. The van der Waals surface area contributed by atoms with E-state index in [1.807, 2.05) is 38.2 Å². The third kappa shape index (κ3) is 31.2. The lowest BCUT2D eigenvalue weighted by Gasteiger charge is -2.21. The van der Waals surface area contributed by atoms with Gasteiger partial charge in [-0.3, -0.25) is 19.2 Å². The average Bonchev–Trinajstić information content (AvgIpc) is 3.25. The van der Waals surface area contributed by atoms with Gasteiger partial charge in [-0.05, 0) is 76.0 Å². The Bertz CT molecular complexity index is 1460. The second kappa shape index (κ2) is 39.2. The number of hydrogen-bond acceptors (Lipinski definition) is 10. The number of hydrogen-bond donors (Lipinski definition) is 4. The fourth-order valence-electron chi connectivity index (χ4n) is 7.15. The van der Waals surface area contributed by atoms with E-state index in [0.29, 0.717) is 32.1 Å². The summed E-state index contributed by atoms with van der Waals surface area (Å²) in [6.07, 6.45) is 34.1. The first-order chi connectivity index (χ1) is 29.9. The Labute approximate surface area is 371 Å². The Balaban J connectivity index is 4.26. The molecule has 5 unspecified atom stereocenters. The number of carbonyl (C=O) groups is 4. The summed E-state index contributed by atoms with van der Waals surface area (Å²) in [5.41, 5.74) is 0. The molecule has 12 nitrogen and oxygen atoms in total. The zero-order valence-electron chi connectivity index (χ0n) is 37.9. The van der Waals surface area contributed by atoms with Crippen molar-refractivity contribution in [1.82, 2.24) is 0 Å². The highest BCUT2D eigenvalue weighted by atomic mass is 16.6.